The Bertz CT molecular complexity index is 641. The highest BCUT2D eigenvalue weighted by Gasteiger charge is 2.52. The fraction of sp³-hybridized carbons (Fsp3) is 0.500. The van der Waals surface area contributed by atoms with E-state index in [-0.39, 0.29) is 16.7 Å². The van der Waals surface area contributed by atoms with E-state index < -0.39 is 6.04 Å². The van der Waals surface area contributed by atoms with Crippen LogP contribution in [0.2, 0.25) is 5.02 Å². The van der Waals surface area contributed by atoms with Crippen LogP contribution in [-0.4, -0.2) is 33.4 Å². The first-order valence-corrected chi connectivity index (χ1v) is 8.72. The number of hydrogen-bond donors (Lipinski definition) is 1. The summed E-state index contributed by atoms with van der Waals surface area (Å²) in [4.78, 5) is 26.3. The minimum Gasteiger partial charge on any atom is -0.323 e. The van der Waals surface area contributed by atoms with Crippen molar-refractivity contribution in [2.75, 3.05) is 11.1 Å². The minimum atomic E-state index is -0.415. The van der Waals surface area contributed by atoms with Crippen molar-refractivity contribution in [1.82, 2.24) is 4.90 Å². The Morgan fingerprint density at radius 2 is 2.18 bits per heavy atom. The number of thioether (sulfide) groups is 1. The third kappa shape index (κ3) is 2.50. The molecule has 6 heteroatoms. The number of hydrogen-bond acceptors (Lipinski definition) is 3. The van der Waals surface area contributed by atoms with Crippen molar-refractivity contribution >= 4 is 40.9 Å². The fourth-order valence-corrected chi connectivity index (χ4v) is 5.10. The number of nitrogens with one attached hydrogen (secondary N) is 1. The minimum absolute atomic E-state index is 0.0689. The Morgan fingerprint density at radius 3 is 2.86 bits per heavy atom. The van der Waals surface area contributed by atoms with Gasteiger partial charge in [-0.2, -0.15) is 0 Å². The van der Waals surface area contributed by atoms with Gasteiger partial charge < -0.3 is 10.2 Å². The zero-order valence-electron chi connectivity index (χ0n) is 12.9. The van der Waals surface area contributed by atoms with Crippen molar-refractivity contribution in [3.63, 3.8) is 0 Å². The smallest absolute Gasteiger partial charge is 0.248 e. The largest absolute Gasteiger partial charge is 0.323 e. The van der Waals surface area contributed by atoms with Crippen LogP contribution in [0.25, 0.3) is 0 Å². The molecular weight excluding hydrogens is 320 g/mol. The van der Waals surface area contributed by atoms with Crippen molar-refractivity contribution in [2.45, 2.75) is 44.5 Å². The Morgan fingerprint density at radius 1 is 1.45 bits per heavy atom. The Labute approximate surface area is 139 Å². The second-order valence-electron chi connectivity index (χ2n) is 6.19. The summed E-state index contributed by atoms with van der Waals surface area (Å²) in [7, 11) is 0. The molecule has 118 valence electrons. The molecule has 0 aliphatic carbocycles. The Hall–Kier alpha value is -1.20. The number of rotatable bonds is 2. The van der Waals surface area contributed by atoms with Gasteiger partial charge in [0.05, 0.1) is 15.6 Å². The van der Waals surface area contributed by atoms with E-state index in [2.05, 4.69) is 5.32 Å². The highest BCUT2D eigenvalue weighted by molar-refractivity contribution is 8.01. The van der Waals surface area contributed by atoms with Gasteiger partial charge in [0.2, 0.25) is 11.8 Å². The number of nitrogens with zero attached hydrogens (tertiary/aromatic N) is 1. The molecule has 0 aromatic heterocycles. The highest BCUT2D eigenvalue weighted by atomic mass is 35.5. The van der Waals surface area contributed by atoms with Crippen LogP contribution >= 0.6 is 23.4 Å². The molecule has 4 nitrogen and oxygen atoms in total. The number of anilines is 1. The normalized spacial score (nSPS) is 27.2. The molecular formula is C16H19ClN2O2S. The number of benzene rings is 1. The lowest BCUT2D eigenvalue weighted by atomic mass is 10.1. The van der Waals surface area contributed by atoms with Gasteiger partial charge in [0.1, 0.15) is 6.04 Å². The second-order valence-corrected chi connectivity index (χ2v) is 8.10. The standard InChI is InChI=1S/C16H19ClN2O2S/c1-9-6-10(2)14(11(17)7-9)18-15(21)12-8-22-16(3)5-4-13(20)19(12)16/h6-7,12H,4-5,8H2,1-3H3,(H,18,21). The van der Waals surface area contributed by atoms with Crippen LogP contribution in [0.4, 0.5) is 5.69 Å². The van der Waals surface area contributed by atoms with Crippen LogP contribution in [0, 0.1) is 13.8 Å². The quantitative estimate of drug-likeness (QED) is 0.899. The third-order valence-electron chi connectivity index (χ3n) is 4.43. The molecule has 0 spiro atoms. The zero-order chi connectivity index (χ0) is 16.1. The molecule has 2 aliphatic rings. The number of carbonyl (C=O) groups excluding carboxylic acids is 2. The van der Waals surface area contributed by atoms with Gasteiger partial charge in [-0.1, -0.05) is 17.7 Å². The van der Waals surface area contributed by atoms with Crippen LogP contribution < -0.4 is 5.32 Å². The monoisotopic (exact) mass is 338 g/mol. The first-order valence-electron chi connectivity index (χ1n) is 7.35. The predicted octanol–water partition coefficient (Wildman–Crippen LogP) is 3.35. The van der Waals surface area contributed by atoms with Crippen LogP contribution in [0.3, 0.4) is 0 Å². The molecule has 2 heterocycles. The van der Waals surface area contributed by atoms with Crippen LogP contribution in [0.5, 0.6) is 0 Å². The van der Waals surface area contributed by atoms with Crippen molar-refractivity contribution < 1.29 is 9.59 Å². The predicted molar refractivity (Wildman–Crippen MR) is 90.3 cm³/mol. The third-order valence-corrected chi connectivity index (χ3v) is 6.23. The van der Waals surface area contributed by atoms with Crippen LogP contribution in [0.1, 0.15) is 30.9 Å². The van der Waals surface area contributed by atoms with Gasteiger partial charge in [-0.15, -0.1) is 11.8 Å². The van der Waals surface area contributed by atoms with Gasteiger partial charge in [0.25, 0.3) is 0 Å². The second kappa shape index (κ2) is 5.46. The van der Waals surface area contributed by atoms with Crippen molar-refractivity contribution in [3.8, 4) is 0 Å². The molecule has 3 rings (SSSR count). The molecule has 1 aromatic carbocycles. The molecule has 1 N–H and O–H groups in total. The summed E-state index contributed by atoms with van der Waals surface area (Å²) in [6, 6.07) is 3.40. The molecule has 0 saturated carbocycles. The SMILES string of the molecule is Cc1cc(C)c(NC(=O)C2CSC3(C)CCC(=O)N23)c(Cl)c1. The first kappa shape index (κ1) is 15.7. The molecule has 2 unspecified atom stereocenters. The Kier molecular flexibility index (Phi) is 3.89. The molecule has 22 heavy (non-hydrogen) atoms. The summed E-state index contributed by atoms with van der Waals surface area (Å²) in [6.45, 7) is 5.93. The molecule has 2 amide bonds. The fourth-order valence-electron chi connectivity index (χ4n) is 3.30. The molecule has 2 fully saturated rings. The van der Waals surface area contributed by atoms with E-state index in [1.165, 1.54) is 0 Å². The van der Waals surface area contributed by atoms with Gasteiger partial charge in [-0.25, -0.2) is 0 Å². The van der Waals surface area contributed by atoms with E-state index in [4.69, 9.17) is 11.6 Å². The van der Waals surface area contributed by atoms with Gasteiger partial charge in [-0.3, -0.25) is 9.59 Å². The lowest BCUT2D eigenvalue weighted by Gasteiger charge is -2.30. The summed E-state index contributed by atoms with van der Waals surface area (Å²) in [5.41, 5.74) is 2.63. The lowest BCUT2D eigenvalue weighted by molar-refractivity contribution is -0.135. The molecule has 2 saturated heterocycles. The summed E-state index contributed by atoms with van der Waals surface area (Å²) < 4.78 is 0. The summed E-state index contributed by atoms with van der Waals surface area (Å²) in [6.07, 6.45) is 1.34. The topological polar surface area (TPSA) is 49.4 Å². The summed E-state index contributed by atoms with van der Waals surface area (Å²) >= 11 is 7.94. The maximum Gasteiger partial charge on any atom is 0.248 e. The highest BCUT2D eigenvalue weighted by Crippen LogP contribution is 2.47. The summed E-state index contributed by atoms with van der Waals surface area (Å²) in [5, 5.41) is 3.45. The number of carbonyl (C=O) groups is 2. The lowest BCUT2D eigenvalue weighted by Crippen LogP contribution is -2.48. The van der Waals surface area contributed by atoms with Gasteiger partial charge >= 0.3 is 0 Å². The molecule has 2 atom stereocenters. The van der Waals surface area contributed by atoms with E-state index >= 15 is 0 Å². The van der Waals surface area contributed by atoms with E-state index in [9.17, 15) is 9.59 Å². The average Bonchev–Trinajstić information content (AvgIpc) is 2.91. The van der Waals surface area contributed by atoms with Gasteiger partial charge in [0, 0.05) is 12.2 Å². The van der Waals surface area contributed by atoms with Crippen molar-refractivity contribution in [3.05, 3.63) is 28.3 Å². The molecule has 0 radical (unpaired) electrons. The Balaban J connectivity index is 1.83. The van der Waals surface area contributed by atoms with E-state index in [1.54, 1.807) is 16.7 Å². The zero-order valence-corrected chi connectivity index (χ0v) is 14.5. The van der Waals surface area contributed by atoms with E-state index in [1.807, 2.05) is 32.9 Å². The van der Waals surface area contributed by atoms with Crippen LogP contribution in [-0.2, 0) is 9.59 Å². The van der Waals surface area contributed by atoms with Gasteiger partial charge in [0.15, 0.2) is 0 Å². The van der Waals surface area contributed by atoms with Gasteiger partial charge in [-0.05, 0) is 44.4 Å². The summed E-state index contributed by atoms with van der Waals surface area (Å²) in [5.74, 6) is 0.552. The number of fused-ring (bicyclic) bond motifs is 1. The first-order chi connectivity index (χ1) is 10.3. The molecule has 0 bridgehead atoms. The number of aryl methyl sites for hydroxylation is 2. The maximum absolute atomic E-state index is 12.7. The molecule has 2 aliphatic heterocycles. The van der Waals surface area contributed by atoms with Crippen LogP contribution in [0.15, 0.2) is 12.1 Å². The van der Waals surface area contributed by atoms with Crippen molar-refractivity contribution in [1.29, 1.82) is 0 Å². The maximum atomic E-state index is 12.7. The molecule has 1 aromatic rings. The average molecular weight is 339 g/mol. The number of amides is 2. The van der Waals surface area contributed by atoms with Crippen molar-refractivity contribution in [2.24, 2.45) is 0 Å². The van der Waals surface area contributed by atoms with E-state index in [0.29, 0.717) is 22.9 Å². The number of halogens is 1. The van der Waals surface area contributed by atoms with E-state index in [0.717, 1.165) is 17.5 Å².